The number of ether oxygens (including phenoxy) is 2. The number of hydrogen-bond acceptors (Lipinski definition) is 5. The highest BCUT2D eigenvalue weighted by molar-refractivity contribution is 5.94. The van der Waals surface area contributed by atoms with Crippen LogP contribution in [0.25, 0.3) is 0 Å². The summed E-state index contributed by atoms with van der Waals surface area (Å²) in [6.45, 7) is 14.4. The molecule has 37 heavy (non-hydrogen) atoms. The van der Waals surface area contributed by atoms with E-state index in [1.54, 1.807) is 0 Å². The Morgan fingerprint density at radius 2 is 1.78 bits per heavy atom. The first-order valence-corrected chi connectivity index (χ1v) is 14.8. The number of rotatable bonds is 7. The highest BCUT2D eigenvalue weighted by atomic mass is 16.6. The Labute approximate surface area is 224 Å². The average molecular weight is 515 g/mol. The first kappa shape index (κ1) is 28.4. The molecule has 208 valence electrons. The number of fused-ring (bicyclic) bond motifs is 5. The van der Waals surface area contributed by atoms with Crippen LogP contribution in [0.1, 0.15) is 112 Å². The van der Waals surface area contributed by atoms with E-state index < -0.39 is 11.9 Å². The number of carbonyl (C=O) groups excluding carboxylic acids is 3. The van der Waals surface area contributed by atoms with Crippen LogP contribution in [-0.2, 0) is 23.9 Å². The minimum atomic E-state index is -0.579. The van der Waals surface area contributed by atoms with Crippen LogP contribution in [0, 0.1) is 45.8 Å². The average Bonchev–Trinajstić information content (AvgIpc) is 3.16. The molecule has 0 aromatic heterocycles. The summed E-state index contributed by atoms with van der Waals surface area (Å²) in [6, 6.07) is 0. The minimum absolute atomic E-state index is 0.00156. The fourth-order valence-corrected chi connectivity index (χ4v) is 9.02. The molecule has 4 rings (SSSR count). The van der Waals surface area contributed by atoms with Crippen molar-refractivity contribution >= 4 is 17.7 Å². The Hall–Kier alpha value is -1.65. The Morgan fingerprint density at radius 3 is 2.46 bits per heavy atom. The van der Waals surface area contributed by atoms with Gasteiger partial charge in [-0.25, -0.2) is 0 Å². The summed E-state index contributed by atoms with van der Waals surface area (Å²) in [6.07, 6.45) is 12.3. The number of carbonyl (C=O) groups is 3. The zero-order chi connectivity index (χ0) is 27.2. The maximum atomic E-state index is 13.7. The Kier molecular flexibility index (Phi) is 8.04. The zero-order valence-corrected chi connectivity index (χ0v) is 24.4. The number of ketones is 1. The van der Waals surface area contributed by atoms with Crippen molar-refractivity contribution in [2.45, 2.75) is 118 Å². The van der Waals surface area contributed by atoms with Crippen LogP contribution < -0.4 is 0 Å². The smallest absolute Gasteiger partial charge is 0.317 e. The molecule has 8 atom stereocenters. The van der Waals surface area contributed by atoms with Crippen molar-refractivity contribution in [1.82, 2.24) is 0 Å². The summed E-state index contributed by atoms with van der Waals surface area (Å²) >= 11 is 0. The molecule has 3 saturated carbocycles. The van der Waals surface area contributed by atoms with Crippen LogP contribution in [0.2, 0.25) is 0 Å². The SMILES string of the molecule is COC(=O)CC(=O)O[C@H]1CC[C@@]2(C)C(=CC(=O)[C@H]3[C@@H]4CC[C@H]([C@H](C)CCCC(C)(C)C)[C@@]4(C)CC[C@@H]32)C1. The lowest BCUT2D eigenvalue weighted by molar-refractivity contribution is -0.158. The molecule has 0 unspecified atom stereocenters. The molecule has 0 aliphatic heterocycles. The molecule has 0 radical (unpaired) electrons. The standard InChI is InChI=1S/C32H50O5/c1-20(9-8-14-30(2,3)4)23-10-11-24-29-25(13-16-32(23,24)6)31(5)15-12-22(17-21(31)18-26(29)33)37-28(35)19-27(34)36-7/h18,20,22-25,29H,8-17,19H2,1-7H3/t20-,22+,23-,24+,25+,29+,31+,32-/m1/s1. The van der Waals surface area contributed by atoms with Gasteiger partial charge in [0.2, 0.25) is 0 Å². The normalized spacial score (nSPS) is 38.1. The lowest BCUT2D eigenvalue weighted by Crippen LogP contribution is -2.54. The van der Waals surface area contributed by atoms with Gasteiger partial charge in [0, 0.05) is 12.3 Å². The van der Waals surface area contributed by atoms with Crippen LogP contribution in [0.3, 0.4) is 0 Å². The quantitative estimate of drug-likeness (QED) is 0.268. The molecule has 0 aromatic rings. The van der Waals surface area contributed by atoms with Crippen molar-refractivity contribution < 1.29 is 23.9 Å². The fraction of sp³-hybridized carbons (Fsp3) is 0.844. The molecule has 0 amide bonds. The lowest BCUT2D eigenvalue weighted by Gasteiger charge is -2.57. The lowest BCUT2D eigenvalue weighted by atomic mass is 9.46. The summed E-state index contributed by atoms with van der Waals surface area (Å²) in [5.74, 6) is 1.64. The van der Waals surface area contributed by atoms with Crippen molar-refractivity contribution in [1.29, 1.82) is 0 Å². The van der Waals surface area contributed by atoms with Gasteiger partial charge in [-0.1, -0.05) is 60.0 Å². The second-order valence-electron chi connectivity index (χ2n) is 14.5. The van der Waals surface area contributed by atoms with Gasteiger partial charge < -0.3 is 9.47 Å². The Bertz CT molecular complexity index is 928. The molecular weight excluding hydrogens is 464 g/mol. The Balaban J connectivity index is 1.46. The van der Waals surface area contributed by atoms with Crippen molar-refractivity contribution in [3.63, 3.8) is 0 Å². The van der Waals surface area contributed by atoms with Crippen LogP contribution >= 0.6 is 0 Å². The number of methoxy groups -OCH3 is 1. The largest absolute Gasteiger partial charge is 0.469 e. The predicted molar refractivity (Wildman–Crippen MR) is 145 cm³/mol. The van der Waals surface area contributed by atoms with E-state index in [1.807, 2.05) is 6.08 Å². The first-order valence-electron chi connectivity index (χ1n) is 14.8. The van der Waals surface area contributed by atoms with E-state index in [2.05, 4.69) is 46.3 Å². The highest BCUT2D eigenvalue weighted by Gasteiger charge is 2.61. The number of hydrogen-bond donors (Lipinski definition) is 0. The van der Waals surface area contributed by atoms with Crippen LogP contribution in [0.5, 0.6) is 0 Å². The summed E-state index contributed by atoms with van der Waals surface area (Å²) in [7, 11) is 1.27. The Morgan fingerprint density at radius 1 is 1.05 bits per heavy atom. The second kappa shape index (κ2) is 10.5. The summed E-state index contributed by atoms with van der Waals surface area (Å²) in [5.41, 5.74) is 1.82. The van der Waals surface area contributed by atoms with Crippen molar-refractivity contribution in [3.8, 4) is 0 Å². The van der Waals surface area contributed by atoms with Gasteiger partial charge in [-0.15, -0.1) is 0 Å². The third-order valence-corrected chi connectivity index (χ3v) is 11.1. The molecular formula is C32H50O5. The molecule has 0 aromatic carbocycles. The highest BCUT2D eigenvalue weighted by Crippen LogP contribution is 2.66. The van der Waals surface area contributed by atoms with Gasteiger partial charge >= 0.3 is 11.9 Å². The third-order valence-electron chi connectivity index (χ3n) is 11.1. The molecule has 4 aliphatic rings. The zero-order valence-electron chi connectivity index (χ0n) is 24.4. The molecule has 0 spiro atoms. The maximum absolute atomic E-state index is 13.7. The second-order valence-corrected chi connectivity index (χ2v) is 14.5. The van der Waals surface area contributed by atoms with Crippen molar-refractivity contribution in [2.75, 3.05) is 7.11 Å². The van der Waals surface area contributed by atoms with Crippen LogP contribution in [0.15, 0.2) is 11.6 Å². The van der Waals surface area contributed by atoms with E-state index in [1.165, 1.54) is 45.6 Å². The predicted octanol–water partition coefficient (Wildman–Crippen LogP) is 7.07. The third kappa shape index (κ3) is 5.57. The monoisotopic (exact) mass is 514 g/mol. The fourth-order valence-electron chi connectivity index (χ4n) is 9.02. The van der Waals surface area contributed by atoms with Crippen molar-refractivity contribution in [2.24, 2.45) is 45.8 Å². The van der Waals surface area contributed by atoms with Gasteiger partial charge in [0.25, 0.3) is 0 Å². The topological polar surface area (TPSA) is 69.7 Å². The summed E-state index contributed by atoms with van der Waals surface area (Å²) < 4.78 is 10.2. The molecule has 3 fully saturated rings. The minimum Gasteiger partial charge on any atom is -0.469 e. The number of allylic oxidation sites excluding steroid dienone is 1. The summed E-state index contributed by atoms with van der Waals surface area (Å²) in [5, 5.41) is 0. The molecule has 4 aliphatic carbocycles. The maximum Gasteiger partial charge on any atom is 0.317 e. The van der Waals surface area contributed by atoms with E-state index in [0.29, 0.717) is 35.4 Å². The molecule has 0 bridgehead atoms. The van der Waals surface area contributed by atoms with E-state index in [-0.39, 0.29) is 29.3 Å². The molecule has 5 nitrogen and oxygen atoms in total. The molecule has 0 N–H and O–H groups in total. The van der Waals surface area contributed by atoms with E-state index in [9.17, 15) is 14.4 Å². The van der Waals surface area contributed by atoms with Gasteiger partial charge in [0.15, 0.2) is 5.78 Å². The first-order chi connectivity index (χ1) is 17.3. The van der Waals surface area contributed by atoms with Crippen LogP contribution in [0.4, 0.5) is 0 Å². The molecule has 0 saturated heterocycles. The van der Waals surface area contributed by atoms with Crippen LogP contribution in [-0.4, -0.2) is 30.9 Å². The van der Waals surface area contributed by atoms with Gasteiger partial charge in [-0.05, 0) is 90.9 Å². The van der Waals surface area contributed by atoms with E-state index in [4.69, 9.17) is 4.74 Å². The van der Waals surface area contributed by atoms with Gasteiger partial charge in [0.05, 0.1) is 7.11 Å². The van der Waals surface area contributed by atoms with Crippen molar-refractivity contribution in [3.05, 3.63) is 11.6 Å². The van der Waals surface area contributed by atoms with Gasteiger partial charge in [0.1, 0.15) is 12.5 Å². The van der Waals surface area contributed by atoms with E-state index in [0.717, 1.165) is 30.8 Å². The summed E-state index contributed by atoms with van der Waals surface area (Å²) in [4.78, 5) is 37.3. The molecule has 5 heteroatoms. The molecule has 0 heterocycles. The van der Waals surface area contributed by atoms with E-state index >= 15 is 0 Å². The number of esters is 2. The van der Waals surface area contributed by atoms with Gasteiger partial charge in [-0.3, -0.25) is 14.4 Å². The van der Waals surface area contributed by atoms with Gasteiger partial charge in [-0.2, -0.15) is 0 Å².